The fourth-order valence-electron chi connectivity index (χ4n) is 2.24. The molecule has 0 spiro atoms. The minimum absolute atomic E-state index is 0.0569. The lowest BCUT2D eigenvalue weighted by molar-refractivity contribution is 0.287. The number of nitrogens with zero attached hydrogens (tertiary/aromatic N) is 1. The van der Waals surface area contributed by atoms with Crippen molar-refractivity contribution in [2.24, 2.45) is 0 Å². The summed E-state index contributed by atoms with van der Waals surface area (Å²) < 4.78 is 47.9. The number of ether oxygens (including phenoxy) is 3. The van der Waals surface area contributed by atoms with Gasteiger partial charge in [0.1, 0.15) is 17.2 Å². The molecule has 1 N–H and O–H groups in total. The van der Waals surface area contributed by atoms with Crippen molar-refractivity contribution >= 4 is 10.0 Å². The Labute approximate surface area is 140 Å². The largest absolute Gasteiger partial charge is 0.493 e. The predicted octanol–water partition coefficient (Wildman–Crippen LogP) is 1.67. The van der Waals surface area contributed by atoms with Crippen molar-refractivity contribution in [3.63, 3.8) is 0 Å². The van der Waals surface area contributed by atoms with E-state index < -0.39 is 10.0 Å². The Hall–Kier alpha value is -2.26. The van der Waals surface area contributed by atoms with E-state index in [1.807, 2.05) is 0 Å². The van der Waals surface area contributed by atoms with E-state index in [9.17, 15) is 8.42 Å². The number of hydrogen-bond acceptors (Lipinski definition) is 7. The van der Waals surface area contributed by atoms with Crippen molar-refractivity contribution in [3.8, 4) is 17.2 Å². The van der Waals surface area contributed by atoms with Crippen LogP contribution in [0, 0.1) is 13.8 Å². The smallest absolute Gasteiger partial charge is 0.246 e. The summed E-state index contributed by atoms with van der Waals surface area (Å²) in [6.07, 6.45) is 0. The van der Waals surface area contributed by atoms with Crippen LogP contribution in [0.4, 0.5) is 0 Å². The molecule has 2 aromatic rings. The SMILES string of the molecule is COc1cccc(OCCNS(=O)(=O)c2c(C)noc2C)c1OC. The van der Waals surface area contributed by atoms with E-state index in [4.69, 9.17) is 18.7 Å². The normalized spacial score (nSPS) is 11.3. The van der Waals surface area contributed by atoms with Crippen molar-refractivity contribution in [1.82, 2.24) is 9.88 Å². The van der Waals surface area contributed by atoms with Crippen LogP contribution in [0.2, 0.25) is 0 Å². The molecule has 0 aliphatic carbocycles. The van der Waals surface area contributed by atoms with Gasteiger partial charge in [-0.2, -0.15) is 0 Å². The van der Waals surface area contributed by atoms with E-state index in [2.05, 4.69) is 9.88 Å². The van der Waals surface area contributed by atoms with Crippen LogP contribution in [0.3, 0.4) is 0 Å². The number of aromatic nitrogens is 1. The van der Waals surface area contributed by atoms with Gasteiger partial charge in [0.05, 0.1) is 14.2 Å². The standard InChI is InChI=1S/C15H20N2O6S/c1-10-15(11(2)23-17-10)24(18,19)16-8-9-22-13-7-5-6-12(20-3)14(13)21-4/h5-7,16H,8-9H2,1-4H3. The summed E-state index contributed by atoms with van der Waals surface area (Å²) >= 11 is 0. The second-order valence-electron chi connectivity index (χ2n) is 4.89. The van der Waals surface area contributed by atoms with Crippen molar-refractivity contribution in [2.75, 3.05) is 27.4 Å². The molecule has 0 atom stereocenters. The van der Waals surface area contributed by atoms with E-state index in [1.165, 1.54) is 14.2 Å². The molecule has 1 aromatic heterocycles. The molecule has 0 bridgehead atoms. The van der Waals surface area contributed by atoms with Crippen LogP contribution in [0.15, 0.2) is 27.6 Å². The van der Waals surface area contributed by atoms with Gasteiger partial charge < -0.3 is 18.7 Å². The number of para-hydroxylation sites is 1. The van der Waals surface area contributed by atoms with Gasteiger partial charge in [0.15, 0.2) is 17.3 Å². The van der Waals surface area contributed by atoms with E-state index in [1.54, 1.807) is 32.0 Å². The van der Waals surface area contributed by atoms with E-state index in [0.717, 1.165) is 0 Å². The van der Waals surface area contributed by atoms with Gasteiger partial charge in [0.25, 0.3) is 0 Å². The van der Waals surface area contributed by atoms with Gasteiger partial charge in [-0.3, -0.25) is 0 Å². The Morgan fingerprint density at radius 1 is 1.17 bits per heavy atom. The predicted molar refractivity (Wildman–Crippen MR) is 86.2 cm³/mol. The monoisotopic (exact) mass is 356 g/mol. The zero-order valence-corrected chi connectivity index (χ0v) is 14.8. The first-order valence-corrected chi connectivity index (χ1v) is 8.65. The number of aryl methyl sites for hydroxylation is 2. The molecule has 0 saturated heterocycles. The van der Waals surface area contributed by atoms with Gasteiger partial charge in [-0.15, -0.1) is 0 Å². The number of methoxy groups -OCH3 is 2. The number of benzene rings is 1. The summed E-state index contributed by atoms with van der Waals surface area (Å²) in [6, 6.07) is 5.21. The molecule has 0 aliphatic rings. The van der Waals surface area contributed by atoms with Gasteiger partial charge in [-0.1, -0.05) is 11.2 Å². The molecule has 0 saturated carbocycles. The summed E-state index contributed by atoms with van der Waals surface area (Å²) in [5.41, 5.74) is 0.315. The molecule has 0 fully saturated rings. The lowest BCUT2D eigenvalue weighted by Gasteiger charge is -2.13. The van der Waals surface area contributed by atoms with Crippen LogP contribution in [0.5, 0.6) is 17.2 Å². The summed E-state index contributed by atoms with van der Waals surface area (Å²) in [7, 11) is -0.671. The van der Waals surface area contributed by atoms with Crippen molar-refractivity contribution in [2.45, 2.75) is 18.7 Å². The topological polar surface area (TPSA) is 99.9 Å². The average molecular weight is 356 g/mol. The van der Waals surface area contributed by atoms with Gasteiger partial charge in [-0.25, -0.2) is 13.1 Å². The first-order valence-electron chi connectivity index (χ1n) is 7.17. The molecule has 9 heteroatoms. The lowest BCUT2D eigenvalue weighted by Crippen LogP contribution is -2.29. The molecular weight excluding hydrogens is 336 g/mol. The van der Waals surface area contributed by atoms with Crippen molar-refractivity contribution < 1.29 is 27.2 Å². The summed E-state index contributed by atoms with van der Waals surface area (Å²) in [5, 5.41) is 3.64. The van der Waals surface area contributed by atoms with Gasteiger partial charge >= 0.3 is 0 Å². The maximum atomic E-state index is 12.3. The minimum atomic E-state index is -3.70. The summed E-state index contributed by atoms with van der Waals surface area (Å²) in [5.74, 6) is 1.70. The van der Waals surface area contributed by atoms with E-state index in [-0.39, 0.29) is 23.8 Å². The van der Waals surface area contributed by atoms with Crippen LogP contribution in [-0.4, -0.2) is 40.9 Å². The fraction of sp³-hybridized carbons (Fsp3) is 0.400. The van der Waals surface area contributed by atoms with Crippen molar-refractivity contribution in [1.29, 1.82) is 0 Å². The molecule has 132 valence electrons. The molecule has 24 heavy (non-hydrogen) atoms. The Bertz CT molecular complexity index is 781. The van der Waals surface area contributed by atoms with Gasteiger partial charge in [0.2, 0.25) is 15.8 Å². The molecular formula is C15H20N2O6S. The molecule has 0 unspecified atom stereocenters. The molecule has 0 amide bonds. The van der Waals surface area contributed by atoms with E-state index >= 15 is 0 Å². The highest BCUT2D eigenvalue weighted by molar-refractivity contribution is 7.89. The quantitative estimate of drug-likeness (QED) is 0.718. The third-order valence-electron chi connectivity index (χ3n) is 3.26. The Balaban J connectivity index is 1.99. The summed E-state index contributed by atoms with van der Waals surface area (Å²) in [4.78, 5) is 0.0569. The maximum absolute atomic E-state index is 12.3. The molecule has 2 rings (SSSR count). The maximum Gasteiger partial charge on any atom is 0.246 e. The highest BCUT2D eigenvalue weighted by Crippen LogP contribution is 2.36. The van der Waals surface area contributed by atoms with Crippen LogP contribution >= 0.6 is 0 Å². The molecule has 8 nitrogen and oxygen atoms in total. The second-order valence-corrected chi connectivity index (χ2v) is 6.59. The second kappa shape index (κ2) is 7.54. The Morgan fingerprint density at radius 2 is 1.88 bits per heavy atom. The van der Waals surface area contributed by atoms with Gasteiger partial charge in [0, 0.05) is 6.54 Å². The number of rotatable bonds is 8. The Kier molecular flexibility index (Phi) is 5.68. The van der Waals surface area contributed by atoms with Crippen LogP contribution < -0.4 is 18.9 Å². The van der Waals surface area contributed by atoms with E-state index in [0.29, 0.717) is 22.9 Å². The highest BCUT2D eigenvalue weighted by atomic mass is 32.2. The van der Waals surface area contributed by atoms with Crippen LogP contribution in [0.1, 0.15) is 11.5 Å². The van der Waals surface area contributed by atoms with Crippen LogP contribution in [-0.2, 0) is 10.0 Å². The third-order valence-corrected chi connectivity index (χ3v) is 4.96. The first kappa shape index (κ1) is 18.1. The van der Waals surface area contributed by atoms with Crippen LogP contribution in [0.25, 0.3) is 0 Å². The molecule has 1 aromatic carbocycles. The lowest BCUT2D eigenvalue weighted by atomic mass is 10.3. The zero-order valence-electron chi connectivity index (χ0n) is 14.0. The first-order chi connectivity index (χ1) is 11.4. The zero-order chi connectivity index (χ0) is 17.7. The molecule has 0 aliphatic heterocycles. The number of hydrogen-bond donors (Lipinski definition) is 1. The Morgan fingerprint density at radius 3 is 2.46 bits per heavy atom. The molecule has 0 radical (unpaired) electrons. The minimum Gasteiger partial charge on any atom is -0.493 e. The number of nitrogens with one attached hydrogen (secondary N) is 1. The summed E-state index contributed by atoms with van der Waals surface area (Å²) in [6.45, 7) is 3.31. The average Bonchev–Trinajstić information content (AvgIpc) is 2.90. The highest BCUT2D eigenvalue weighted by Gasteiger charge is 2.23. The van der Waals surface area contributed by atoms with Gasteiger partial charge in [-0.05, 0) is 26.0 Å². The fourth-order valence-corrected chi connectivity index (χ4v) is 3.58. The third kappa shape index (κ3) is 3.80. The van der Waals surface area contributed by atoms with Crippen molar-refractivity contribution in [3.05, 3.63) is 29.7 Å². The molecule has 1 heterocycles. The number of sulfonamides is 1.